The van der Waals surface area contributed by atoms with Crippen molar-refractivity contribution < 1.29 is 13.2 Å². The van der Waals surface area contributed by atoms with Gasteiger partial charge in [-0.2, -0.15) is 9.40 Å². The molecule has 2 aliphatic heterocycles. The maximum atomic E-state index is 12.6. The number of sulfonamides is 1. The van der Waals surface area contributed by atoms with Crippen LogP contribution in [0.1, 0.15) is 12.8 Å². The minimum atomic E-state index is -3.42. The Hall–Kier alpha value is -1.97. The third-order valence-corrected chi connectivity index (χ3v) is 6.72. The van der Waals surface area contributed by atoms with Gasteiger partial charge in [-0.15, -0.1) is 0 Å². The van der Waals surface area contributed by atoms with E-state index < -0.39 is 10.0 Å². The molecule has 0 bridgehead atoms. The highest BCUT2D eigenvalue weighted by molar-refractivity contribution is 7.89. The third-order valence-electron chi connectivity index (χ3n) is 4.84. The first kappa shape index (κ1) is 17.4. The van der Waals surface area contributed by atoms with Crippen LogP contribution in [-0.4, -0.2) is 66.4 Å². The van der Waals surface area contributed by atoms with Gasteiger partial charge in [0.2, 0.25) is 10.0 Å². The summed E-state index contributed by atoms with van der Waals surface area (Å²) in [5.41, 5.74) is 0. The summed E-state index contributed by atoms with van der Waals surface area (Å²) >= 11 is 0. The van der Waals surface area contributed by atoms with Crippen molar-refractivity contribution in [2.75, 3.05) is 37.7 Å². The second-order valence-electron chi connectivity index (χ2n) is 6.63. The van der Waals surface area contributed by atoms with Crippen molar-refractivity contribution in [1.82, 2.24) is 19.1 Å². The van der Waals surface area contributed by atoms with Crippen molar-refractivity contribution in [2.24, 2.45) is 0 Å². The van der Waals surface area contributed by atoms with E-state index >= 15 is 0 Å². The van der Waals surface area contributed by atoms with E-state index in [0.29, 0.717) is 32.8 Å². The number of ether oxygens (including phenoxy) is 1. The summed E-state index contributed by atoms with van der Waals surface area (Å²) in [6, 6.07) is 5.34. The minimum absolute atomic E-state index is 0.0264. The average Bonchev–Trinajstić information content (AvgIpc) is 3.36. The zero-order valence-electron chi connectivity index (χ0n) is 14.6. The van der Waals surface area contributed by atoms with Crippen LogP contribution in [0.15, 0.2) is 41.7 Å². The smallest absolute Gasteiger partial charge is 0.244 e. The summed E-state index contributed by atoms with van der Waals surface area (Å²) in [7, 11) is -3.42. The fourth-order valence-electron chi connectivity index (χ4n) is 3.44. The standard InChI is InChI=1S/C17H23N5O3S/c23-26(24,22-8-1-2-9-22)16-4-5-17(18-12-16)20-10-11-25-15(13-20)14-21-7-3-6-19-21/h3-7,12,15H,1-2,8-11,13-14H2. The molecule has 1 unspecified atom stereocenters. The summed E-state index contributed by atoms with van der Waals surface area (Å²) < 4.78 is 34.4. The topological polar surface area (TPSA) is 80.6 Å². The molecule has 0 spiro atoms. The van der Waals surface area contributed by atoms with Crippen molar-refractivity contribution >= 4 is 15.8 Å². The van der Waals surface area contributed by atoms with Crippen LogP contribution >= 0.6 is 0 Å². The van der Waals surface area contributed by atoms with Gasteiger partial charge in [0.05, 0.1) is 19.3 Å². The first-order valence-electron chi connectivity index (χ1n) is 8.93. The van der Waals surface area contributed by atoms with Crippen LogP contribution < -0.4 is 4.90 Å². The van der Waals surface area contributed by atoms with Gasteiger partial charge in [-0.1, -0.05) is 0 Å². The van der Waals surface area contributed by atoms with Crippen molar-refractivity contribution in [1.29, 1.82) is 0 Å². The van der Waals surface area contributed by atoms with Crippen LogP contribution in [-0.2, 0) is 21.3 Å². The lowest BCUT2D eigenvalue weighted by Gasteiger charge is -2.33. The molecular weight excluding hydrogens is 354 g/mol. The van der Waals surface area contributed by atoms with Gasteiger partial charge < -0.3 is 9.64 Å². The summed E-state index contributed by atoms with van der Waals surface area (Å²) in [6.07, 6.45) is 7.02. The summed E-state index contributed by atoms with van der Waals surface area (Å²) in [6.45, 7) is 3.93. The molecule has 0 aromatic carbocycles. The lowest BCUT2D eigenvalue weighted by molar-refractivity contribution is 0.0272. The molecule has 4 heterocycles. The zero-order valence-corrected chi connectivity index (χ0v) is 15.4. The molecule has 0 radical (unpaired) electrons. The first-order valence-corrected chi connectivity index (χ1v) is 10.4. The summed E-state index contributed by atoms with van der Waals surface area (Å²) in [5, 5.41) is 4.22. The third kappa shape index (κ3) is 3.60. The van der Waals surface area contributed by atoms with E-state index in [4.69, 9.17) is 4.74 Å². The molecule has 9 heteroatoms. The summed E-state index contributed by atoms with van der Waals surface area (Å²) in [5.74, 6) is 0.777. The molecule has 4 rings (SSSR count). The van der Waals surface area contributed by atoms with Gasteiger partial charge in [-0.3, -0.25) is 4.68 Å². The Morgan fingerprint density at radius 1 is 1.19 bits per heavy atom. The van der Waals surface area contributed by atoms with Crippen molar-refractivity contribution in [3.8, 4) is 0 Å². The number of hydrogen-bond acceptors (Lipinski definition) is 6. The monoisotopic (exact) mass is 377 g/mol. The van der Waals surface area contributed by atoms with Crippen LogP contribution in [0.25, 0.3) is 0 Å². The van der Waals surface area contributed by atoms with Gasteiger partial charge in [0.1, 0.15) is 10.7 Å². The van der Waals surface area contributed by atoms with Crippen molar-refractivity contribution in [2.45, 2.75) is 30.4 Å². The van der Waals surface area contributed by atoms with Crippen LogP contribution in [0.5, 0.6) is 0 Å². The highest BCUT2D eigenvalue weighted by Crippen LogP contribution is 2.22. The Morgan fingerprint density at radius 3 is 2.73 bits per heavy atom. The van der Waals surface area contributed by atoms with Crippen molar-refractivity contribution in [3.63, 3.8) is 0 Å². The quantitative estimate of drug-likeness (QED) is 0.772. The number of pyridine rings is 1. The predicted molar refractivity (Wildman–Crippen MR) is 96.4 cm³/mol. The number of morpholine rings is 1. The molecule has 1 atom stereocenters. The highest BCUT2D eigenvalue weighted by atomic mass is 32.2. The SMILES string of the molecule is O=S(=O)(c1ccc(N2CCOC(Cn3cccn3)C2)nc1)N1CCCC1. The molecule has 26 heavy (non-hydrogen) atoms. The van der Waals surface area contributed by atoms with Gasteiger partial charge in [0.25, 0.3) is 0 Å². The Balaban J connectivity index is 1.44. The van der Waals surface area contributed by atoms with Gasteiger partial charge in [-0.25, -0.2) is 13.4 Å². The van der Waals surface area contributed by atoms with Crippen LogP contribution in [0.2, 0.25) is 0 Å². The Bertz CT molecular complexity index is 817. The first-order chi connectivity index (χ1) is 12.6. The molecule has 0 saturated carbocycles. The van der Waals surface area contributed by atoms with E-state index in [1.807, 2.05) is 16.9 Å². The lowest BCUT2D eigenvalue weighted by atomic mass is 10.2. The van der Waals surface area contributed by atoms with Crippen LogP contribution in [0.3, 0.4) is 0 Å². The molecule has 0 amide bonds. The van der Waals surface area contributed by atoms with Crippen molar-refractivity contribution in [3.05, 3.63) is 36.8 Å². The molecule has 0 N–H and O–H groups in total. The number of rotatable bonds is 5. The van der Waals surface area contributed by atoms with E-state index in [0.717, 1.165) is 25.2 Å². The van der Waals surface area contributed by atoms with Gasteiger partial charge in [-0.05, 0) is 31.0 Å². The molecule has 2 aromatic rings. The average molecular weight is 377 g/mol. The van der Waals surface area contributed by atoms with E-state index in [1.54, 1.807) is 22.6 Å². The van der Waals surface area contributed by atoms with Crippen LogP contribution in [0, 0.1) is 0 Å². The van der Waals surface area contributed by atoms with E-state index in [-0.39, 0.29) is 11.0 Å². The fourth-order valence-corrected chi connectivity index (χ4v) is 4.91. The number of hydrogen-bond donors (Lipinski definition) is 0. The van der Waals surface area contributed by atoms with Gasteiger partial charge in [0, 0.05) is 44.8 Å². The Morgan fingerprint density at radius 2 is 2.04 bits per heavy atom. The zero-order chi connectivity index (χ0) is 18.0. The summed E-state index contributed by atoms with van der Waals surface area (Å²) in [4.78, 5) is 6.81. The number of nitrogens with zero attached hydrogens (tertiary/aromatic N) is 5. The van der Waals surface area contributed by atoms with Gasteiger partial charge in [0.15, 0.2) is 0 Å². The number of anilines is 1. The second kappa shape index (κ2) is 7.34. The predicted octanol–water partition coefficient (Wildman–Crippen LogP) is 0.968. The molecule has 2 fully saturated rings. The van der Waals surface area contributed by atoms with E-state index in [2.05, 4.69) is 15.0 Å². The molecule has 2 aliphatic rings. The normalized spacial score (nSPS) is 22.0. The lowest BCUT2D eigenvalue weighted by Crippen LogP contribution is -2.44. The largest absolute Gasteiger partial charge is 0.373 e. The maximum Gasteiger partial charge on any atom is 0.244 e. The molecule has 2 saturated heterocycles. The maximum absolute atomic E-state index is 12.6. The van der Waals surface area contributed by atoms with Crippen LogP contribution in [0.4, 0.5) is 5.82 Å². The molecule has 0 aliphatic carbocycles. The fraction of sp³-hybridized carbons (Fsp3) is 0.529. The molecule has 140 valence electrons. The number of aromatic nitrogens is 3. The molecule has 8 nitrogen and oxygen atoms in total. The second-order valence-corrected chi connectivity index (χ2v) is 8.57. The Kier molecular flexibility index (Phi) is 4.92. The highest BCUT2D eigenvalue weighted by Gasteiger charge is 2.28. The minimum Gasteiger partial charge on any atom is -0.373 e. The van der Waals surface area contributed by atoms with E-state index in [1.165, 1.54) is 6.20 Å². The molecule has 2 aromatic heterocycles. The molecular formula is C17H23N5O3S. The Labute approximate surface area is 153 Å². The van der Waals surface area contributed by atoms with E-state index in [9.17, 15) is 8.42 Å². The van der Waals surface area contributed by atoms with Gasteiger partial charge >= 0.3 is 0 Å².